The maximum absolute atomic E-state index is 12.9. The van der Waals surface area contributed by atoms with Crippen LogP contribution in [0.5, 0.6) is 5.75 Å². The lowest BCUT2D eigenvalue weighted by Gasteiger charge is -2.07. The summed E-state index contributed by atoms with van der Waals surface area (Å²) in [4.78, 5) is 27.7. The third kappa shape index (κ3) is 3.09. The molecule has 10 heteroatoms. The number of ether oxygens (including phenoxy) is 1. The van der Waals surface area contributed by atoms with E-state index in [1.54, 1.807) is 22.1 Å². The number of hydrogen-bond donors (Lipinski definition) is 1. The van der Waals surface area contributed by atoms with E-state index < -0.39 is 11.2 Å². The zero-order valence-corrected chi connectivity index (χ0v) is 18.1. The first-order valence-electron chi connectivity index (χ1n) is 10.0. The molecule has 3 aromatic heterocycles. The Morgan fingerprint density at radius 2 is 1.81 bits per heavy atom. The summed E-state index contributed by atoms with van der Waals surface area (Å²) in [6.45, 7) is 2.77. The zero-order chi connectivity index (χ0) is 22.4. The van der Waals surface area contributed by atoms with E-state index in [2.05, 4.69) is 15.2 Å². The van der Waals surface area contributed by atoms with Crippen molar-refractivity contribution >= 4 is 28.5 Å². The predicted molar refractivity (Wildman–Crippen MR) is 122 cm³/mol. The fraction of sp³-hybridized carbons (Fsp3) is 0.182. The van der Waals surface area contributed by atoms with Gasteiger partial charge < -0.3 is 4.74 Å². The van der Waals surface area contributed by atoms with Crippen molar-refractivity contribution in [3.05, 3.63) is 80.0 Å². The minimum Gasteiger partial charge on any atom is -0.494 e. The van der Waals surface area contributed by atoms with E-state index in [1.165, 1.54) is 4.57 Å². The maximum atomic E-state index is 12.9. The van der Waals surface area contributed by atoms with E-state index in [1.807, 2.05) is 49.4 Å². The van der Waals surface area contributed by atoms with Crippen molar-refractivity contribution in [3.8, 4) is 17.1 Å². The number of aromatic nitrogens is 6. The van der Waals surface area contributed by atoms with Crippen LogP contribution < -0.4 is 16.0 Å². The van der Waals surface area contributed by atoms with Crippen LogP contribution >= 0.6 is 11.6 Å². The van der Waals surface area contributed by atoms with Gasteiger partial charge in [0, 0.05) is 17.6 Å². The van der Waals surface area contributed by atoms with E-state index in [0.717, 1.165) is 16.9 Å². The SMILES string of the molecule is CCOc1ccc(-c2nnc3n(Cc4ccccc4Cl)c4c(=O)[nH]c(=O)n(C)c4n23)cc1. The molecular weight excluding hydrogens is 432 g/mol. The highest BCUT2D eigenvalue weighted by molar-refractivity contribution is 6.31. The Morgan fingerprint density at radius 1 is 1.06 bits per heavy atom. The Balaban J connectivity index is 1.81. The standard InChI is InChI=1S/C22H19ClN6O3/c1-3-32-15-10-8-13(9-11-15)18-25-26-21-28(12-14-6-4-5-7-16(14)23)17-19(30)24-22(31)27(2)20(17)29(18)21/h4-11H,3,12H2,1-2H3,(H,24,30,31). The predicted octanol–water partition coefficient (Wildman–Crippen LogP) is 2.84. The molecule has 5 aromatic rings. The first-order valence-corrected chi connectivity index (χ1v) is 10.4. The highest BCUT2D eigenvalue weighted by Crippen LogP contribution is 2.27. The van der Waals surface area contributed by atoms with Crippen LogP contribution in [-0.2, 0) is 13.6 Å². The van der Waals surface area contributed by atoms with Gasteiger partial charge in [-0.05, 0) is 42.8 Å². The van der Waals surface area contributed by atoms with Crippen molar-refractivity contribution in [2.75, 3.05) is 6.61 Å². The first-order chi connectivity index (χ1) is 15.5. The Bertz CT molecular complexity index is 1580. The number of imidazole rings is 1. The van der Waals surface area contributed by atoms with Crippen LogP contribution in [0.1, 0.15) is 12.5 Å². The number of aromatic amines is 1. The van der Waals surface area contributed by atoms with E-state index in [4.69, 9.17) is 16.3 Å². The molecule has 3 heterocycles. The molecule has 0 saturated heterocycles. The number of nitrogens with zero attached hydrogens (tertiary/aromatic N) is 5. The molecule has 0 unspecified atom stereocenters. The lowest BCUT2D eigenvalue weighted by molar-refractivity contribution is 0.340. The third-order valence-corrected chi connectivity index (χ3v) is 5.72. The fourth-order valence-electron chi connectivity index (χ4n) is 3.84. The molecule has 0 fully saturated rings. The molecule has 0 saturated carbocycles. The summed E-state index contributed by atoms with van der Waals surface area (Å²) < 4.78 is 10.3. The Labute approximate surface area is 186 Å². The van der Waals surface area contributed by atoms with Crippen LogP contribution in [0.25, 0.3) is 28.3 Å². The fourth-order valence-corrected chi connectivity index (χ4v) is 4.04. The van der Waals surface area contributed by atoms with Gasteiger partial charge in [-0.2, -0.15) is 0 Å². The van der Waals surface area contributed by atoms with E-state index >= 15 is 0 Å². The second-order valence-corrected chi connectivity index (χ2v) is 7.69. The van der Waals surface area contributed by atoms with Crippen molar-refractivity contribution in [3.63, 3.8) is 0 Å². The molecule has 0 aliphatic heterocycles. The summed E-state index contributed by atoms with van der Waals surface area (Å²) >= 11 is 6.37. The minimum absolute atomic E-state index is 0.287. The summed E-state index contributed by atoms with van der Waals surface area (Å²) in [5.74, 6) is 1.67. The molecule has 0 aliphatic carbocycles. The zero-order valence-electron chi connectivity index (χ0n) is 17.4. The van der Waals surface area contributed by atoms with Crippen LogP contribution in [0.15, 0.2) is 58.1 Å². The number of rotatable bonds is 5. The smallest absolute Gasteiger partial charge is 0.329 e. The summed E-state index contributed by atoms with van der Waals surface area (Å²) in [7, 11) is 1.60. The molecule has 2 aromatic carbocycles. The van der Waals surface area contributed by atoms with Gasteiger partial charge in [-0.1, -0.05) is 29.8 Å². The highest BCUT2D eigenvalue weighted by atomic mass is 35.5. The monoisotopic (exact) mass is 450 g/mol. The molecular formula is C22H19ClN6O3. The Kier molecular flexibility index (Phi) is 4.82. The maximum Gasteiger partial charge on any atom is 0.329 e. The van der Waals surface area contributed by atoms with Crippen molar-refractivity contribution in [1.29, 1.82) is 0 Å². The molecule has 0 spiro atoms. The minimum atomic E-state index is -0.523. The summed E-state index contributed by atoms with van der Waals surface area (Å²) in [5, 5.41) is 9.30. The van der Waals surface area contributed by atoms with Gasteiger partial charge in [0.1, 0.15) is 5.75 Å². The molecule has 9 nitrogen and oxygen atoms in total. The van der Waals surface area contributed by atoms with E-state index in [0.29, 0.717) is 34.4 Å². The molecule has 0 radical (unpaired) electrons. The summed E-state index contributed by atoms with van der Waals surface area (Å²) in [6, 6.07) is 14.8. The number of H-pyrrole nitrogens is 1. The van der Waals surface area contributed by atoms with Crippen LogP contribution in [0.2, 0.25) is 5.02 Å². The van der Waals surface area contributed by atoms with Crippen LogP contribution in [0.3, 0.4) is 0 Å². The van der Waals surface area contributed by atoms with Gasteiger partial charge in [-0.15, -0.1) is 10.2 Å². The third-order valence-electron chi connectivity index (χ3n) is 5.35. The summed E-state index contributed by atoms with van der Waals surface area (Å²) in [6.07, 6.45) is 0. The van der Waals surface area contributed by atoms with Crippen LogP contribution in [0.4, 0.5) is 0 Å². The van der Waals surface area contributed by atoms with Gasteiger partial charge in [-0.25, -0.2) is 9.20 Å². The number of nitrogens with one attached hydrogen (secondary N) is 1. The molecule has 162 valence electrons. The number of aryl methyl sites for hydroxylation is 1. The van der Waals surface area contributed by atoms with Gasteiger partial charge in [0.05, 0.1) is 13.2 Å². The van der Waals surface area contributed by atoms with Gasteiger partial charge in [0.15, 0.2) is 17.0 Å². The molecule has 0 aliphatic rings. The Hall–Kier alpha value is -3.85. The number of benzene rings is 2. The quantitative estimate of drug-likeness (QED) is 0.444. The molecule has 1 N–H and O–H groups in total. The summed E-state index contributed by atoms with van der Waals surface area (Å²) in [5.41, 5.74) is 1.26. The van der Waals surface area contributed by atoms with Gasteiger partial charge >= 0.3 is 5.69 Å². The van der Waals surface area contributed by atoms with Gasteiger partial charge in [0.25, 0.3) is 5.56 Å². The topological polar surface area (TPSA) is 99.2 Å². The van der Waals surface area contributed by atoms with Crippen LogP contribution in [0, 0.1) is 0 Å². The second-order valence-electron chi connectivity index (χ2n) is 7.28. The molecule has 0 amide bonds. The average molecular weight is 451 g/mol. The number of fused-ring (bicyclic) bond motifs is 3. The van der Waals surface area contributed by atoms with Gasteiger partial charge in [-0.3, -0.25) is 18.9 Å². The lowest BCUT2D eigenvalue weighted by Crippen LogP contribution is -2.29. The highest BCUT2D eigenvalue weighted by Gasteiger charge is 2.23. The van der Waals surface area contributed by atoms with Crippen molar-refractivity contribution < 1.29 is 4.74 Å². The largest absolute Gasteiger partial charge is 0.494 e. The average Bonchev–Trinajstić information content (AvgIpc) is 3.34. The van der Waals surface area contributed by atoms with Crippen molar-refractivity contribution in [2.24, 2.45) is 7.05 Å². The lowest BCUT2D eigenvalue weighted by atomic mass is 10.2. The first kappa shape index (κ1) is 20.1. The molecule has 5 rings (SSSR count). The van der Waals surface area contributed by atoms with Gasteiger partial charge in [0.2, 0.25) is 5.78 Å². The molecule has 0 atom stereocenters. The van der Waals surface area contributed by atoms with E-state index in [-0.39, 0.29) is 6.54 Å². The van der Waals surface area contributed by atoms with E-state index in [9.17, 15) is 9.59 Å². The molecule has 0 bridgehead atoms. The second kappa shape index (κ2) is 7.69. The molecule has 32 heavy (non-hydrogen) atoms. The number of halogens is 1. The number of hydrogen-bond acceptors (Lipinski definition) is 5. The Morgan fingerprint density at radius 3 is 2.53 bits per heavy atom. The van der Waals surface area contributed by atoms with Crippen molar-refractivity contribution in [2.45, 2.75) is 13.5 Å². The van der Waals surface area contributed by atoms with Crippen molar-refractivity contribution in [1.82, 2.24) is 28.7 Å². The normalized spacial score (nSPS) is 11.5. The van der Waals surface area contributed by atoms with Crippen LogP contribution in [-0.4, -0.2) is 35.3 Å².